The number of amides is 1. The molecular weight excluding hydrogens is 260 g/mol. The number of hydrogen-bond acceptors (Lipinski definition) is 2. The molecule has 1 aliphatic rings. The second kappa shape index (κ2) is 7.96. The predicted molar refractivity (Wildman–Crippen MR) is 87.4 cm³/mol. The average molecular weight is 286 g/mol. The first kappa shape index (κ1) is 15.7. The molecule has 1 aliphatic carbocycles. The molecule has 0 spiro atoms. The van der Waals surface area contributed by atoms with Crippen LogP contribution in [-0.2, 0) is 11.2 Å². The largest absolute Gasteiger partial charge is 0.273 e. The predicted octanol–water partition coefficient (Wildman–Crippen LogP) is 4.06. The molecule has 21 heavy (non-hydrogen) atoms. The smallest absolute Gasteiger partial charge is 0.243 e. The number of hydrazone groups is 1. The van der Waals surface area contributed by atoms with Gasteiger partial charge in [-0.3, -0.25) is 4.79 Å². The van der Waals surface area contributed by atoms with Gasteiger partial charge in [0.2, 0.25) is 5.91 Å². The van der Waals surface area contributed by atoms with Crippen LogP contribution in [0.5, 0.6) is 0 Å². The van der Waals surface area contributed by atoms with Crippen LogP contribution >= 0.6 is 0 Å². The first-order valence-electron chi connectivity index (χ1n) is 8.14. The summed E-state index contributed by atoms with van der Waals surface area (Å²) in [6.07, 6.45) is 7.92. The first-order chi connectivity index (χ1) is 10.2. The van der Waals surface area contributed by atoms with E-state index in [-0.39, 0.29) is 11.8 Å². The maximum Gasteiger partial charge on any atom is 0.243 e. The van der Waals surface area contributed by atoms with Crippen molar-refractivity contribution in [3.05, 3.63) is 35.4 Å². The lowest BCUT2D eigenvalue weighted by molar-refractivity contribution is -0.124. The summed E-state index contributed by atoms with van der Waals surface area (Å²) >= 11 is 0. The third kappa shape index (κ3) is 4.69. The molecule has 0 saturated heterocycles. The van der Waals surface area contributed by atoms with E-state index < -0.39 is 0 Å². The van der Waals surface area contributed by atoms with E-state index in [1.54, 1.807) is 0 Å². The fourth-order valence-electron chi connectivity index (χ4n) is 2.78. The minimum atomic E-state index is 0.0754. The second-order valence-electron chi connectivity index (χ2n) is 5.96. The van der Waals surface area contributed by atoms with Gasteiger partial charge in [-0.25, -0.2) is 5.43 Å². The zero-order valence-electron chi connectivity index (χ0n) is 13.2. The van der Waals surface area contributed by atoms with Crippen LogP contribution in [0.15, 0.2) is 29.4 Å². The molecule has 1 N–H and O–H groups in total. The molecule has 1 saturated carbocycles. The normalized spacial score (nSPS) is 16.2. The molecule has 3 nitrogen and oxygen atoms in total. The van der Waals surface area contributed by atoms with Crippen LogP contribution in [0.4, 0.5) is 0 Å². The lowest BCUT2D eigenvalue weighted by atomic mass is 10.0. The number of nitrogens with one attached hydrogen (secondary N) is 1. The van der Waals surface area contributed by atoms with E-state index in [0.717, 1.165) is 30.5 Å². The van der Waals surface area contributed by atoms with E-state index in [9.17, 15) is 4.79 Å². The Hall–Kier alpha value is -1.64. The van der Waals surface area contributed by atoms with Crippen molar-refractivity contribution in [2.45, 2.75) is 58.8 Å². The van der Waals surface area contributed by atoms with Crippen molar-refractivity contribution in [1.29, 1.82) is 0 Å². The third-order valence-electron chi connectivity index (χ3n) is 4.25. The third-order valence-corrected chi connectivity index (χ3v) is 4.25. The maximum atomic E-state index is 11.9. The van der Waals surface area contributed by atoms with E-state index in [2.05, 4.69) is 41.7 Å². The van der Waals surface area contributed by atoms with Gasteiger partial charge in [0.25, 0.3) is 0 Å². The minimum Gasteiger partial charge on any atom is -0.273 e. The Bertz CT molecular complexity index is 484. The Kier molecular flexibility index (Phi) is 5.97. The van der Waals surface area contributed by atoms with Crippen molar-refractivity contribution < 1.29 is 4.79 Å². The van der Waals surface area contributed by atoms with Crippen molar-refractivity contribution in [3.63, 3.8) is 0 Å². The lowest BCUT2D eigenvalue weighted by Gasteiger charge is -2.08. The number of rotatable bonds is 6. The lowest BCUT2D eigenvalue weighted by Crippen LogP contribution is -2.25. The SMILES string of the molecule is CCCCc1ccc(/C(C)=N\NC(=O)C2CCCC2)cc1. The summed E-state index contributed by atoms with van der Waals surface area (Å²) in [6.45, 7) is 4.15. The molecule has 2 rings (SSSR count). The maximum absolute atomic E-state index is 11.9. The molecule has 1 aromatic carbocycles. The zero-order valence-corrected chi connectivity index (χ0v) is 13.2. The number of aryl methyl sites for hydroxylation is 1. The second-order valence-corrected chi connectivity index (χ2v) is 5.96. The topological polar surface area (TPSA) is 41.5 Å². The highest BCUT2D eigenvalue weighted by molar-refractivity contribution is 5.99. The Morgan fingerprint density at radius 1 is 1.24 bits per heavy atom. The fraction of sp³-hybridized carbons (Fsp3) is 0.556. The van der Waals surface area contributed by atoms with Gasteiger partial charge >= 0.3 is 0 Å². The average Bonchev–Trinajstić information content (AvgIpc) is 3.05. The number of hydrogen-bond donors (Lipinski definition) is 1. The molecule has 114 valence electrons. The van der Waals surface area contributed by atoms with Crippen LogP contribution in [0, 0.1) is 5.92 Å². The van der Waals surface area contributed by atoms with E-state index in [4.69, 9.17) is 0 Å². The van der Waals surface area contributed by atoms with E-state index >= 15 is 0 Å². The van der Waals surface area contributed by atoms with Gasteiger partial charge in [-0.15, -0.1) is 0 Å². The van der Waals surface area contributed by atoms with E-state index in [1.165, 1.54) is 31.2 Å². The van der Waals surface area contributed by atoms with Gasteiger partial charge in [-0.05, 0) is 43.7 Å². The van der Waals surface area contributed by atoms with Gasteiger partial charge in [-0.2, -0.15) is 5.10 Å². The minimum absolute atomic E-state index is 0.0754. The molecule has 1 amide bonds. The van der Waals surface area contributed by atoms with Crippen molar-refractivity contribution in [2.24, 2.45) is 11.0 Å². The summed E-state index contributed by atoms with van der Waals surface area (Å²) in [6, 6.07) is 8.49. The summed E-state index contributed by atoms with van der Waals surface area (Å²) in [4.78, 5) is 11.9. The molecular formula is C18H26N2O. The molecule has 0 unspecified atom stereocenters. The van der Waals surface area contributed by atoms with Gasteiger partial charge in [0.05, 0.1) is 5.71 Å². The summed E-state index contributed by atoms with van der Waals surface area (Å²) < 4.78 is 0. The van der Waals surface area contributed by atoms with E-state index in [0.29, 0.717) is 0 Å². The van der Waals surface area contributed by atoms with Crippen molar-refractivity contribution in [2.75, 3.05) is 0 Å². The van der Waals surface area contributed by atoms with Crippen LogP contribution in [0.2, 0.25) is 0 Å². The number of unbranched alkanes of at least 4 members (excludes halogenated alkanes) is 1. The zero-order chi connectivity index (χ0) is 15.1. The van der Waals surface area contributed by atoms with Crippen molar-refractivity contribution in [3.8, 4) is 0 Å². The summed E-state index contributed by atoms with van der Waals surface area (Å²) in [5.74, 6) is 0.240. The number of carbonyl (C=O) groups is 1. The van der Waals surface area contributed by atoms with Gasteiger partial charge in [0, 0.05) is 5.92 Å². The Balaban J connectivity index is 1.90. The summed E-state index contributed by atoms with van der Waals surface area (Å²) in [7, 11) is 0. The van der Waals surface area contributed by atoms with Gasteiger partial charge in [-0.1, -0.05) is 50.5 Å². The number of benzene rings is 1. The molecule has 0 aliphatic heterocycles. The standard InChI is InChI=1S/C18H26N2O/c1-3-4-7-15-10-12-16(13-11-15)14(2)19-20-18(21)17-8-5-6-9-17/h10-13,17H,3-9H2,1-2H3,(H,20,21)/b19-14-. The molecule has 0 atom stereocenters. The van der Waals surface area contributed by atoms with Gasteiger partial charge in [0.1, 0.15) is 0 Å². The quantitative estimate of drug-likeness (QED) is 0.622. The van der Waals surface area contributed by atoms with Crippen LogP contribution in [0.3, 0.4) is 0 Å². The molecule has 3 heteroatoms. The molecule has 1 fully saturated rings. The molecule has 0 aromatic heterocycles. The first-order valence-corrected chi connectivity index (χ1v) is 8.14. The molecule has 0 radical (unpaired) electrons. The molecule has 1 aromatic rings. The Morgan fingerprint density at radius 3 is 2.52 bits per heavy atom. The van der Waals surface area contributed by atoms with Crippen LogP contribution in [0.25, 0.3) is 0 Å². The number of carbonyl (C=O) groups excluding carboxylic acids is 1. The highest BCUT2D eigenvalue weighted by Gasteiger charge is 2.22. The fourth-order valence-corrected chi connectivity index (χ4v) is 2.78. The van der Waals surface area contributed by atoms with Crippen LogP contribution < -0.4 is 5.43 Å². The highest BCUT2D eigenvalue weighted by atomic mass is 16.2. The Morgan fingerprint density at radius 2 is 1.90 bits per heavy atom. The summed E-state index contributed by atoms with van der Waals surface area (Å²) in [5.41, 5.74) is 6.02. The summed E-state index contributed by atoms with van der Waals surface area (Å²) in [5, 5.41) is 4.25. The van der Waals surface area contributed by atoms with Crippen LogP contribution in [-0.4, -0.2) is 11.6 Å². The molecule has 0 bridgehead atoms. The van der Waals surface area contributed by atoms with Gasteiger partial charge in [0.15, 0.2) is 0 Å². The van der Waals surface area contributed by atoms with E-state index in [1.807, 2.05) is 6.92 Å². The van der Waals surface area contributed by atoms with Crippen molar-refractivity contribution >= 4 is 11.6 Å². The van der Waals surface area contributed by atoms with Gasteiger partial charge < -0.3 is 0 Å². The highest BCUT2D eigenvalue weighted by Crippen LogP contribution is 2.24. The number of nitrogens with zero attached hydrogens (tertiary/aromatic N) is 1. The monoisotopic (exact) mass is 286 g/mol. The van der Waals surface area contributed by atoms with Crippen molar-refractivity contribution in [1.82, 2.24) is 5.43 Å². The Labute approximate surface area is 127 Å². The molecule has 0 heterocycles. The van der Waals surface area contributed by atoms with Crippen LogP contribution in [0.1, 0.15) is 63.5 Å².